The number of nitrogens with one attached hydrogen (secondary N) is 1. The van der Waals surface area contributed by atoms with E-state index >= 15 is 0 Å². The summed E-state index contributed by atoms with van der Waals surface area (Å²) < 4.78 is 18.0. The summed E-state index contributed by atoms with van der Waals surface area (Å²) in [5.41, 5.74) is 0.954. The van der Waals surface area contributed by atoms with Crippen LogP contribution in [0.5, 0.6) is 0 Å². The Kier molecular flexibility index (Phi) is 2.85. The smallest absolute Gasteiger partial charge is 0.273 e. The number of nitrogens with zero attached hydrogens (tertiary/aromatic N) is 1. The summed E-state index contributed by atoms with van der Waals surface area (Å²) in [7, 11) is 5.70. The van der Waals surface area contributed by atoms with Crippen LogP contribution in [0.1, 0.15) is 23.3 Å². The molecule has 0 atom stereocenters. The van der Waals surface area contributed by atoms with Gasteiger partial charge in [-0.25, -0.2) is 4.39 Å². The highest BCUT2D eigenvalue weighted by Crippen LogP contribution is 2.21. The van der Waals surface area contributed by atoms with Gasteiger partial charge in [-0.3, -0.25) is 4.79 Å². The molecule has 1 aromatic carbocycles. The highest BCUT2D eigenvalue weighted by Gasteiger charge is 2.25. The standard InChI is InChI=1S/C13H10BFN2O2/c14-10-5-7(15)1-4-9(10)12-6-11(17-19-12)13(18)16-8-2-3-8/h1,4-6,8H,2-3H2,(H,16,18). The van der Waals surface area contributed by atoms with Gasteiger partial charge >= 0.3 is 0 Å². The molecule has 1 amide bonds. The largest absolute Gasteiger partial charge is 0.356 e. The predicted molar refractivity (Wildman–Crippen MR) is 67.8 cm³/mol. The van der Waals surface area contributed by atoms with Gasteiger partial charge in [0.25, 0.3) is 5.91 Å². The fourth-order valence-corrected chi connectivity index (χ4v) is 1.75. The van der Waals surface area contributed by atoms with Gasteiger partial charge in [0.1, 0.15) is 13.7 Å². The Bertz CT molecular complexity index is 637. The first-order chi connectivity index (χ1) is 9.13. The molecule has 1 aliphatic carbocycles. The Balaban J connectivity index is 1.85. The second kappa shape index (κ2) is 4.53. The van der Waals surface area contributed by atoms with E-state index in [2.05, 4.69) is 10.5 Å². The van der Waals surface area contributed by atoms with Crippen molar-refractivity contribution < 1.29 is 13.7 Å². The number of carbonyl (C=O) groups is 1. The molecule has 1 N–H and O–H groups in total. The molecule has 0 unspecified atom stereocenters. The topological polar surface area (TPSA) is 55.1 Å². The van der Waals surface area contributed by atoms with Gasteiger partial charge in [0.15, 0.2) is 11.5 Å². The molecule has 6 heteroatoms. The molecule has 1 saturated carbocycles. The maximum atomic E-state index is 13.0. The molecule has 19 heavy (non-hydrogen) atoms. The van der Waals surface area contributed by atoms with Crippen LogP contribution in [0.25, 0.3) is 11.3 Å². The van der Waals surface area contributed by atoms with Gasteiger partial charge in [-0.15, -0.1) is 0 Å². The molecule has 4 nitrogen and oxygen atoms in total. The van der Waals surface area contributed by atoms with E-state index in [1.54, 1.807) is 0 Å². The summed E-state index contributed by atoms with van der Waals surface area (Å²) >= 11 is 0. The lowest BCUT2D eigenvalue weighted by atomic mass is 9.89. The van der Waals surface area contributed by atoms with Crippen molar-refractivity contribution in [2.24, 2.45) is 0 Å². The summed E-state index contributed by atoms with van der Waals surface area (Å²) in [4.78, 5) is 11.8. The van der Waals surface area contributed by atoms with Gasteiger partial charge in [0.2, 0.25) is 0 Å². The minimum Gasteiger partial charge on any atom is -0.356 e. The van der Waals surface area contributed by atoms with E-state index in [0.717, 1.165) is 12.8 Å². The fourth-order valence-electron chi connectivity index (χ4n) is 1.75. The minimum atomic E-state index is -0.424. The van der Waals surface area contributed by atoms with Gasteiger partial charge in [-0.1, -0.05) is 10.6 Å². The summed E-state index contributed by atoms with van der Waals surface area (Å²) in [6, 6.07) is 5.72. The van der Waals surface area contributed by atoms with Gasteiger partial charge in [-0.2, -0.15) is 0 Å². The maximum Gasteiger partial charge on any atom is 0.273 e. The number of rotatable bonds is 3. The summed E-state index contributed by atoms with van der Waals surface area (Å²) in [6.07, 6.45) is 2.00. The van der Waals surface area contributed by atoms with Crippen LogP contribution in [0.2, 0.25) is 0 Å². The molecule has 1 aliphatic rings. The number of hydrogen-bond acceptors (Lipinski definition) is 3. The van der Waals surface area contributed by atoms with Gasteiger partial charge in [0.05, 0.1) is 0 Å². The summed E-state index contributed by atoms with van der Waals surface area (Å²) in [5, 5.41) is 6.51. The molecule has 2 radical (unpaired) electrons. The van der Waals surface area contributed by atoms with Crippen LogP contribution < -0.4 is 10.8 Å². The third-order valence-electron chi connectivity index (χ3n) is 2.93. The molecule has 0 spiro atoms. The first-order valence-electron chi connectivity index (χ1n) is 5.96. The first kappa shape index (κ1) is 12.0. The molecule has 1 fully saturated rings. The zero-order chi connectivity index (χ0) is 13.4. The molecule has 0 bridgehead atoms. The normalized spacial score (nSPS) is 14.4. The van der Waals surface area contributed by atoms with Crippen molar-refractivity contribution in [3.05, 3.63) is 35.8 Å². The van der Waals surface area contributed by atoms with Crippen molar-refractivity contribution in [1.82, 2.24) is 10.5 Å². The average molecular weight is 256 g/mol. The third kappa shape index (κ3) is 2.52. The Morgan fingerprint density at radius 3 is 2.89 bits per heavy atom. The molecule has 94 valence electrons. The Hall–Kier alpha value is -2.11. The van der Waals surface area contributed by atoms with Crippen molar-refractivity contribution >= 4 is 19.2 Å². The highest BCUT2D eigenvalue weighted by molar-refractivity contribution is 6.35. The molecule has 0 saturated heterocycles. The first-order valence-corrected chi connectivity index (χ1v) is 5.96. The second-order valence-corrected chi connectivity index (χ2v) is 4.56. The number of amides is 1. The van der Waals surface area contributed by atoms with Crippen LogP contribution in [0.3, 0.4) is 0 Å². The lowest BCUT2D eigenvalue weighted by molar-refractivity contribution is 0.0942. The molecular weight excluding hydrogens is 246 g/mol. The number of hydrogen-bond donors (Lipinski definition) is 1. The molecule has 1 heterocycles. The third-order valence-corrected chi connectivity index (χ3v) is 2.93. The Morgan fingerprint density at radius 2 is 2.21 bits per heavy atom. The lowest BCUT2D eigenvalue weighted by Crippen LogP contribution is -2.25. The molecule has 1 aromatic heterocycles. The lowest BCUT2D eigenvalue weighted by Gasteiger charge is -2.01. The van der Waals surface area contributed by atoms with Gasteiger partial charge in [-0.05, 0) is 31.0 Å². The number of halogens is 1. The number of carbonyl (C=O) groups excluding carboxylic acids is 1. The average Bonchev–Trinajstić information content (AvgIpc) is 3.04. The fraction of sp³-hybridized carbons (Fsp3) is 0.231. The highest BCUT2D eigenvalue weighted by atomic mass is 19.1. The van der Waals surface area contributed by atoms with Crippen molar-refractivity contribution in [2.75, 3.05) is 0 Å². The van der Waals surface area contributed by atoms with E-state index in [-0.39, 0.29) is 23.1 Å². The van der Waals surface area contributed by atoms with Crippen molar-refractivity contribution in [1.29, 1.82) is 0 Å². The molecule has 3 rings (SSSR count). The van der Waals surface area contributed by atoms with Crippen LogP contribution >= 0.6 is 0 Å². The SMILES string of the molecule is [B]c1cc(F)ccc1-c1cc(C(=O)NC2CC2)no1. The number of aromatic nitrogens is 1. The second-order valence-electron chi connectivity index (χ2n) is 4.56. The van der Waals surface area contributed by atoms with E-state index in [9.17, 15) is 9.18 Å². The van der Waals surface area contributed by atoms with Crippen molar-refractivity contribution in [2.45, 2.75) is 18.9 Å². The monoisotopic (exact) mass is 256 g/mol. The molecule has 2 aromatic rings. The van der Waals surface area contributed by atoms with Gasteiger partial charge < -0.3 is 9.84 Å². The predicted octanol–water partition coefficient (Wildman–Crippen LogP) is 1.17. The van der Waals surface area contributed by atoms with Crippen LogP contribution in [-0.2, 0) is 0 Å². The summed E-state index contributed by atoms with van der Waals surface area (Å²) in [5.74, 6) is -0.343. The Labute approximate surface area is 110 Å². The van der Waals surface area contributed by atoms with E-state index in [1.165, 1.54) is 24.3 Å². The Morgan fingerprint density at radius 1 is 1.42 bits per heavy atom. The zero-order valence-electron chi connectivity index (χ0n) is 10.0. The summed E-state index contributed by atoms with van der Waals surface area (Å²) in [6.45, 7) is 0. The van der Waals surface area contributed by atoms with E-state index in [1.807, 2.05) is 0 Å². The molecule has 0 aliphatic heterocycles. The van der Waals surface area contributed by atoms with E-state index < -0.39 is 5.82 Å². The van der Waals surface area contributed by atoms with E-state index in [0.29, 0.717) is 11.3 Å². The quantitative estimate of drug-likeness (QED) is 0.838. The zero-order valence-corrected chi connectivity index (χ0v) is 10.0. The molecular formula is C13H10BFN2O2. The van der Waals surface area contributed by atoms with Gasteiger partial charge in [0, 0.05) is 17.7 Å². The van der Waals surface area contributed by atoms with Crippen LogP contribution in [-0.4, -0.2) is 25.0 Å². The van der Waals surface area contributed by atoms with Crippen LogP contribution in [0.15, 0.2) is 28.8 Å². The van der Waals surface area contributed by atoms with Crippen LogP contribution in [0, 0.1) is 5.82 Å². The van der Waals surface area contributed by atoms with Crippen molar-refractivity contribution in [3.8, 4) is 11.3 Å². The maximum absolute atomic E-state index is 13.0. The minimum absolute atomic E-state index is 0.200. The van der Waals surface area contributed by atoms with Crippen molar-refractivity contribution in [3.63, 3.8) is 0 Å². The van der Waals surface area contributed by atoms with E-state index in [4.69, 9.17) is 12.4 Å². The van der Waals surface area contributed by atoms with Crippen LogP contribution in [0.4, 0.5) is 4.39 Å². The number of benzene rings is 1.